The minimum atomic E-state index is -0.415. The van der Waals surface area contributed by atoms with E-state index >= 15 is 0 Å². The summed E-state index contributed by atoms with van der Waals surface area (Å²) in [4.78, 5) is 14.2. The summed E-state index contributed by atoms with van der Waals surface area (Å²) in [5.74, 6) is -0.00586. The second-order valence-corrected chi connectivity index (χ2v) is 4.56. The Morgan fingerprint density at radius 1 is 1.44 bits per heavy atom. The Morgan fingerprint density at radius 3 is 2.81 bits per heavy atom. The number of aromatic nitrogens is 1. The van der Waals surface area contributed by atoms with Gasteiger partial charge in [-0.2, -0.15) is 0 Å². The number of aromatic amines is 1. The number of nitrogens with one attached hydrogen (secondary N) is 1. The molecule has 0 amide bonds. The van der Waals surface area contributed by atoms with Gasteiger partial charge in [0.15, 0.2) is 6.29 Å². The molecule has 16 heavy (non-hydrogen) atoms. The predicted octanol–water partition coefficient (Wildman–Crippen LogP) is 3.65. The van der Waals surface area contributed by atoms with Gasteiger partial charge >= 0.3 is 0 Å². The maximum Gasteiger partial charge on any atom is 0.152 e. The molecule has 1 heterocycles. The SMILES string of the molecule is O=Cc1c(C2CC2)[nH]c2c(Cl)cc(F)cc12. The highest BCUT2D eigenvalue weighted by Crippen LogP contribution is 2.43. The maximum atomic E-state index is 13.2. The van der Waals surface area contributed by atoms with E-state index < -0.39 is 5.82 Å². The van der Waals surface area contributed by atoms with Gasteiger partial charge in [0.2, 0.25) is 0 Å². The van der Waals surface area contributed by atoms with Crippen LogP contribution in [-0.4, -0.2) is 11.3 Å². The minimum Gasteiger partial charge on any atom is -0.356 e. The molecule has 0 spiro atoms. The molecule has 0 radical (unpaired) electrons. The number of carbonyl (C=O) groups excluding carboxylic acids is 1. The first-order chi connectivity index (χ1) is 7.70. The van der Waals surface area contributed by atoms with E-state index in [4.69, 9.17) is 11.6 Å². The topological polar surface area (TPSA) is 32.9 Å². The van der Waals surface area contributed by atoms with Gasteiger partial charge in [0.05, 0.1) is 10.5 Å². The van der Waals surface area contributed by atoms with E-state index in [0.29, 0.717) is 27.4 Å². The van der Waals surface area contributed by atoms with Crippen LogP contribution in [0.15, 0.2) is 12.1 Å². The standard InChI is InChI=1S/C12H9ClFNO/c13-10-4-7(14)3-8-9(5-16)11(6-1-2-6)15-12(8)10/h3-6,15H,1-2H2. The Bertz CT molecular complexity index is 586. The van der Waals surface area contributed by atoms with Crippen LogP contribution < -0.4 is 0 Å². The Hall–Kier alpha value is -1.35. The summed E-state index contributed by atoms with van der Waals surface area (Å²) >= 11 is 5.94. The molecule has 1 fully saturated rings. The van der Waals surface area contributed by atoms with Gasteiger partial charge in [-0.05, 0) is 30.9 Å². The number of benzene rings is 1. The van der Waals surface area contributed by atoms with Crippen molar-refractivity contribution in [3.8, 4) is 0 Å². The molecule has 3 rings (SSSR count). The third kappa shape index (κ3) is 1.35. The van der Waals surface area contributed by atoms with Crippen molar-refractivity contribution in [3.63, 3.8) is 0 Å². The summed E-state index contributed by atoms with van der Waals surface area (Å²) in [5.41, 5.74) is 2.11. The number of hydrogen-bond acceptors (Lipinski definition) is 1. The Morgan fingerprint density at radius 2 is 2.19 bits per heavy atom. The molecule has 0 bridgehead atoms. The van der Waals surface area contributed by atoms with E-state index in [1.165, 1.54) is 12.1 Å². The van der Waals surface area contributed by atoms with E-state index in [2.05, 4.69) is 4.98 Å². The van der Waals surface area contributed by atoms with Crippen molar-refractivity contribution in [3.05, 3.63) is 34.2 Å². The number of hydrogen-bond donors (Lipinski definition) is 1. The lowest BCUT2D eigenvalue weighted by molar-refractivity contribution is 0.112. The van der Waals surface area contributed by atoms with Crippen molar-refractivity contribution >= 4 is 28.8 Å². The average Bonchev–Trinajstić information content (AvgIpc) is 3.00. The summed E-state index contributed by atoms with van der Waals surface area (Å²) in [6.07, 6.45) is 2.93. The molecule has 82 valence electrons. The van der Waals surface area contributed by atoms with Crippen LogP contribution in [0.4, 0.5) is 4.39 Å². The average molecular weight is 238 g/mol. The Kier molecular flexibility index (Phi) is 2.04. The molecule has 0 saturated heterocycles. The molecule has 1 N–H and O–H groups in total. The molecule has 1 aromatic heterocycles. The lowest BCUT2D eigenvalue weighted by Gasteiger charge is -1.94. The first kappa shape index (κ1) is 9.85. The van der Waals surface area contributed by atoms with Crippen LogP contribution >= 0.6 is 11.6 Å². The van der Waals surface area contributed by atoms with Crippen molar-refractivity contribution in [2.45, 2.75) is 18.8 Å². The van der Waals surface area contributed by atoms with Crippen LogP contribution in [0, 0.1) is 5.82 Å². The van der Waals surface area contributed by atoms with E-state index in [-0.39, 0.29) is 0 Å². The molecule has 4 heteroatoms. The summed E-state index contributed by atoms with van der Waals surface area (Å²) < 4.78 is 13.2. The first-order valence-electron chi connectivity index (χ1n) is 5.16. The monoisotopic (exact) mass is 237 g/mol. The number of rotatable bonds is 2. The van der Waals surface area contributed by atoms with Crippen molar-refractivity contribution in [2.24, 2.45) is 0 Å². The molecule has 1 aliphatic rings. The third-order valence-corrected chi connectivity index (χ3v) is 3.30. The predicted molar refractivity (Wildman–Crippen MR) is 60.6 cm³/mol. The first-order valence-corrected chi connectivity index (χ1v) is 5.54. The maximum absolute atomic E-state index is 13.2. The fourth-order valence-electron chi connectivity index (χ4n) is 2.08. The number of halogens is 2. The highest BCUT2D eigenvalue weighted by Gasteiger charge is 2.29. The van der Waals surface area contributed by atoms with Crippen molar-refractivity contribution in [2.75, 3.05) is 0 Å². The third-order valence-electron chi connectivity index (χ3n) is 3.00. The summed E-state index contributed by atoms with van der Waals surface area (Å²) in [6, 6.07) is 2.61. The van der Waals surface area contributed by atoms with Crippen molar-refractivity contribution < 1.29 is 9.18 Å². The van der Waals surface area contributed by atoms with E-state index in [1.807, 2.05) is 0 Å². The zero-order chi connectivity index (χ0) is 11.3. The number of H-pyrrole nitrogens is 1. The van der Waals surface area contributed by atoms with E-state index in [1.54, 1.807) is 0 Å². The van der Waals surface area contributed by atoms with Gasteiger partial charge in [0.1, 0.15) is 5.82 Å². The quantitative estimate of drug-likeness (QED) is 0.795. The zero-order valence-electron chi connectivity index (χ0n) is 8.39. The number of carbonyl (C=O) groups is 1. The second kappa shape index (κ2) is 3.32. The van der Waals surface area contributed by atoms with Gasteiger partial charge in [-0.1, -0.05) is 11.6 Å². The van der Waals surface area contributed by atoms with Crippen LogP contribution in [-0.2, 0) is 0 Å². The van der Waals surface area contributed by atoms with Crippen molar-refractivity contribution in [1.29, 1.82) is 0 Å². The summed E-state index contributed by atoms with van der Waals surface area (Å²) in [7, 11) is 0. The summed E-state index contributed by atoms with van der Waals surface area (Å²) in [6.45, 7) is 0. The van der Waals surface area contributed by atoms with Crippen LogP contribution in [0.5, 0.6) is 0 Å². The molecule has 2 nitrogen and oxygen atoms in total. The van der Waals surface area contributed by atoms with E-state index in [9.17, 15) is 9.18 Å². The van der Waals surface area contributed by atoms with Gasteiger partial charge in [-0.25, -0.2) is 4.39 Å². The molecule has 1 saturated carbocycles. The molecule has 0 unspecified atom stereocenters. The fourth-order valence-corrected chi connectivity index (χ4v) is 2.33. The summed E-state index contributed by atoms with van der Waals surface area (Å²) in [5, 5.41) is 0.909. The molecule has 0 aliphatic heterocycles. The number of fused-ring (bicyclic) bond motifs is 1. The normalized spacial score (nSPS) is 15.6. The number of aldehydes is 1. The lowest BCUT2D eigenvalue weighted by atomic mass is 10.1. The molecule has 1 aliphatic carbocycles. The van der Waals surface area contributed by atoms with Gasteiger partial charge in [-0.3, -0.25) is 4.79 Å². The van der Waals surface area contributed by atoms with Crippen molar-refractivity contribution in [1.82, 2.24) is 4.98 Å². The highest BCUT2D eigenvalue weighted by molar-refractivity contribution is 6.35. The van der Waals surface area contributed by atoms with Gasteiger partial charge in [0.25, 0.3) is 0 Å². The van der Waals surface area contributed by atoms with Gasteiger partial charge < -0.3 is 4.98 Å². The van der Waals surface area contributed by atoms with Crippen LogP contribution in [0.1, 0.15) is 34.8 Å². The Labute approximate surface area is 96.4 Å². The highest BCUT2D eigenvalue weighted by atomic mass is 35.5. The smallest absolute Gasteiger partial charge is 0.152 e. The lowest BCUT2D eigenvalue weighted by Crippen LogP contribution is -1.86. The van der Waals surface area contributed by atoms with Gasteiger partial charge in [0, 0.05) is 16.6 Å². The molecular formula is C12H9ClFNO. The Balaban J connectivity index is 2.37. The van der Waals surface area contributed by atoms with E-state index in [0.717, 1.165) is 24.8 Å². The minimum absolute atomic E-state index is 0.324. The zero-order valence-corrected chi connectivity index (χ0v) is 9.14. The van der Waals surface area contributed by atoms with Crippen LogP contribution in [0.25, 0.3) is 10.9 Å². The molecule has 1 aromatic carbocycles. The molecule has 2 aromatic rings. The van der Waals surface area contributed by atoms with Crippen LogP contribution in [0.2, 0.25) is 5.02 Å². The molecular weight excluding hydrogens is 229 g/mol. The fraction of sp³-hybridized carbons (Fsp3) is 0.250. The van der Waals surface area contributed by atoms with Gasteiger partial charge in [-0.15, -0.1) is 0 Å². The van der Waals surface area contributed by atoms with Crippen LogP contribution in [0.3, 0.4) is 0 Å². The largest absolute Gasteiger partial charge is 0.356 e. The molecule has 0 atom stereocenters. The second-order valence-electron chi connectivity index (χ2n) is 4.15.